The number of ether oxygens (including phenoxy) is 4. The van der Waals surface area contributed by atoms with E-state index in [2.05, 4.69) is 404 Å². The largest absolute Gasteiger partial charge is 0.379 e. The Kier molecular flexibility index (Phi) is 45.4. The van der Waals surface area contributed by atoms with Gasteiger partial charge in [-0.05, 0) is 148 Å². The van der Waals surface area contributed by atoms with Gasteiger partial charge < -0.3 is 23.8 Å². The van der Waals surface area contributed by atoms with Gasteiger partial charge in [-0.15, -0.1) is 0 Å². The molecule has 0 N–H and O–H groups in total. The summed E-state index contributed by atoms with van der Waals surface area (Å²) in [6, 6.07) is 146. The molecule has 14 aromatic carbocycles. The van der Waals surface area contributed by atoms with Crippen LogP contribution in [0.25, 0.3) is 11.1 Å². The fourth-order valence-corrected chi connectivity index (χ4v) is 30.9. The number of likely N-dealkylation sites (N-methyl/N-ethyl adjacent to an activating group) is 1. The number of nitrogens with zero attached hydrogens (tertiary/aromatic N) is 3. The van der Waals surface area contributed by atoms with Gasteiger partial charge in [0.1, 0.15) is 69.2 Å². The number of halogens is 4. The Morgan fingerprint density at radius 3 is 0.672 bits per heavy atom. The van der Waals surface area contributed by atoms with Crippen molar-refractivity contribution < 1.29 is 46.0 Å². The molecule has 0 saturated carbocycles. The maximum atomic E-state index is 6.19. The van der Waals surface area contributed by atoms with Crippen LogP contribution in [0.2, 0.25) is 0 Å². The van der Waals surface area contributed by atoms with Crippen LogP contribution in [0.3, 0.4) is 0 Å². The van der Waals surface area contributed by atoms with Crippen molar-refractivity contribution in [2.24, 2.45) is 0 Å². The molecule has 1 atom stereocenters. The second-order valence-electron chi connectivity index (χ2n) is 30.0. The summed E-state index contributed by atoms with van der Waals surface area (Å²) in [5.74, 6) is 0. The van der Waals surface area contributed by atoms with E-state index in [1.54, 1.807) is 0 Å². The molecule has 4 aliphatic heterocycles. The number of allylic oxidation sites excluding steroid dienone is 2. The summed E-state index contributed by atoms with van der Waals surface area (Å²) in [6.07, 6.45) is 7.38. The second-order valence-corrected chi connectivity index (χ2v) is 51.6. The molecule has 0 aromatic heterocycles. The van der Waals surface area contributed by atoms with E-state index in [4.69, 9.17) is 57.7 Å². The van der Waals surface area contributed by atoms with Crippen molar-refractivity contribution in [3.63, 3.8) is 0 Å². The molecule has 1 unspecified atom stereocenters. The molecule has 4 heterocycles. The van der Waals surface area contributed by atoms with Crippen LogP contribution in [0.15, 0.2) is 425 Å². The molecular weight excluding hydrogens is 1910 g/mol. The van der Waals surface area contributed by atoms with E-state index in [1.807, 2.05) is 48.5 Å². The second kappa shape index (κ2) is 56.8. The minimum Gasteiger partial charge on any atom is -0.379 e. The Morgan fingerprint density at radius 1 is 0.266 bits per heavy atom. The number of morpholine rings is 3. The number of hydrogen-bond donors (Lipinski definition) is 0. The van der Waals surface area contributed by atoms with Gasteiger partial charge in [0.2, 0.25) is 0 Å². The maximum Gasteiger partial charge on any atom is 0.135 e. The van der Waals surface area contributed by atoms with Gasteiger partial charge >= 0.3 is 240 Å². The molecule has 14 aromatic rings. The number of fused-ring (bicyclic) bond motifs is 2. The third kappa shape index (κ3) is 30.9. The van der Waals surface area contributed by atoms with Gasteiger partial charge in [-0.2, -0.15) is 9.34 Å². The van der Waals surface area contributed by atoms with Crippen molar-refractivity contribution in [1.82, 2.24) is 14.2 Å². The number of rotatable bonds is 14. The van der Waals surface area contributed by atoms with E-state index in [9.17, 15) is 0 Å². The quantitative estimate of drug-likeness (QED) is 0.0794. The molecule has 4 fully saturated rings. The van der Waals surface area contributed by atoms with Crippen molar-refractivity contribution >= 4 is 143 Å². The smallest absolute Gasteiger partial charge is 0.135 e. The first-order chi connectivity index (χ1) is 61.6. The summed E-state index contributed by atoms with van der Waals surface area (Å²) < 4.78 is 28.7. The summed E-state index contributed by atoms with van der Waals surface area (Å²) in [6.45, 7) is 14.7. The fraction of sp³-hybridized carbons (Fsp3) is 0.189. The zero-order valence-corrected chi connectivity index (χ0v) is 81.3. The van der Waals surface area contributed by atoms with Crippen LogP contribution < -0.4 is 53.0 Å². The molecule has 666 valence electrons. The Balaban J connectivity index is 0.000000155. The van der Waals surface area contributed by atoms with Crippen molar-refractivity contribution in [2.75, 3.05) is 92.6 Å². The number of hydrogen-bond acceptors (Lipinski definition) is 7. The summed E-state index contributed by atoms with van der Waals surface area (Å²) in [5, 5.41) is 14.4. The molecule has 0 radical (unpaired) electrons. The van der Waals surface area contributed by atoms with Crippen LogP contribution in [-0.4, -0.2) is 121 Å². The molecule has 7 nitrogen and oxygen atoms in total. The molecule has 0 amide bonds. The molecule has 2 aliphatic carbocycles. The van der Waals surface area contributed by atoms with Crippen LogP contribution in [-0.2, 0) is 46.0 Å². The summed E-state index contributed by atoms with van der Waals surface area (Å²) in [7, 11) is 23.4. The van der Waals surface area contributed by atoms with Crippen molar-refractivity contribution in [3.8, 4) is 0 Å². The summed E-state index contributed by atoms with van der Waals surface area (Å²) in [5.41, 5.74) is 9.73. The fourth-order valence-electron chi connectivity index (χ4n) is 15.4. The minimum absolute atomic E-state index is 0. The van der Waals surface area contributed by atoms with Gasteiger partial charge in [0, 0.05) is 19.7 Å². The van der Waals surface area contributed by atoms with E-state index >= 15 is 0 Å². The monoisotopic (exact) mass is 2030 g/mol. The van der Waals surface area contributed by atoms with Crippen LogP contribution in [0.1, 0.15) is 75.4 Å². The Hall–Kier alpha value is -7.85. The Bertz CT molecular complexity index is 4980. The first-order valence-electron chi connectivity index (χ1n) is 42.7. The molecule has 0 spiro atoms. The van der Waals surface area contributed by atoms with Crippen molar-refractivity contribution in [2.45, 2.75) is 48.1 Å². The van der Waals surface area contributed by atoms with Crippen LogP contribution in [0, 0.1) is 0 Å². The molecule has 6 aliphatic rings. The van der Waals surface area contributed by atoms with Gasteiger partial charge in [0.15, 0.2) is 0 Å². The zero-order valence-electron chi connectivity index (χ0n) is 70.8. The van der Waals surface area contributed by atoms with E-state index in [1.165, 1.54) is 110 Å². The molecule has 128 heavy (non-hydrogen) atoms. The number of benzene rings is 14. The van der Waals surface area contributed by atoms with E-state index < -0.39 is 59.0 Å². The molecule has 4 saturated heterocycles. The van der Waals surface area contributed by atoms with Gasteiger partial charge in [-0.25, -0.2) is 0 Å². The average molecular weight is 2030 g/mol. The first kappa shape index (κ1) is 102. The van der Waals surface area contributed by atoms with E-state index in [-0.39, 0.29) is 22.3 Å². The topological polar surface area (TPSA) is 46.6 Å². The van der Waals surface area contributed by atoms with Gasteiger partial charge in [-0.1, -0.05) is 204 Å². The van der Waals surface area contributed by atoms with Crippen molar-refractivity contribution in [3.05, 3.63) is 458 Å². The molecular formula is C111H123Cl4N3O4P4Ru2+4. The van der Waals surface area contributed by atoms with E-state index in [0.717, 1.165) is 93.7 Å². The van der Waals surface area contributed by atoms with Crippen LogP contribution in [0.4, 0.5) is 0 Å². The van der Waals surface area contributed by atoms with Crippen molar-refractivity contribution in [1.29, 1.82) is 0 Å². The Labute approximate surface area is 794 Å². The predicted molar refractivity (Wildman–Crippen MR) is 564 cm³/mol. The average Bonchev–Trinajstić information content (AvgIpc) is 1.65. The predicted octanol–water partition coefficient (Wildman–Crippen LogP) is 22.8. The Morgan fingerprint density at radius 2 is 0.477 bits per heavy atom. The van der Waals surface area contributed by atoms with Crippen LogP contribution >= 0.6 is 70.8 Å². The zero-order chi connectivity index (χ0) is 86.3. The van der Waals surface area contributed by atoms with E-state index in [0.29, 0.717) is 6.10 Å². The SMILES string of the molecule is C.C.C.CC1CCCO1.CN1CCOCC1.[Cl][Ru]([Cl])=[C]1C=C(c2ccccc2)c2ccccc21.[Cl][Ru]([Cl])=[C]1C=C(c2ccccc2)c2ccccc21.c1ccc([PH+](c2ccccc2)N2CCOCC2)cc1.c1ccc([PH+](c2ccccc2)N2CCOCC2)cc1.c1ccc([PH+](c2ccccc2)c2ccccc2)cc1.c1ccc([PH+](c2ccccc2)c2ccccc2)cc1. The third-order valence-electron chi connectivity index (χ3n) is 21.5. The van der Waals surface area contributed by atoms with Crippen LogP contribution in [0.5, 0.6) is 0 Å². The standard InChI is InChI=1S/2C18H15P.2C16H18NOP.2C15H10.C5H11NO.C5H10O.3CH4.4ClH.2Ru/c2*1-4-10-16(11-5-1)19(17-12-6-2-7-13-17)18-14-8-3-9-15-18;2*1-3-7-15(8-4-1)19(16-9-5-2-6-10-16)17-11-13-18-14-12-17;2*1-2-6-12(7-3-1)15-11-10-13-8-4-5-9-14(13)15;1-6-2-4-7-5-3-6;1-5-3-2-4-6-5;;;;;;;;;/h2*1-15H;2*1-10H,11-14H2;2*1-9,11H;2-5H2,1H3;5H,2-4H2,1H3;3*1H4;4*1H;;/q;;;;;;;;;;;;;;;2*+2. The third-order valence-corrected chi connectivity index (χ3v) is 38.9. The van der Waals surface area contributed by atoms with Gasteiger partial charge in [0.25, 0.3) is 0 Å². The molecule has 17 heteroatoms. The molecule has 0 bridgehead atoms. The first-order valence-corrected chi connectivity index (χ1v) is 59.2. The maximum absolute atomic E-state index is 6.19. The van der Waals surface area contributed by atoms with Gasteiger partial charge in [-0.3, -0.25) is 0 Å². The minimum atomic E-state index is -1.88. The summed E-state index contributed by atoms with van der Waals surface area (Å²) >= 11 is -3.76. The summed E-state index contributed by atoms with van der Waals surface area (Å²) in [4.78, 5) is 2.27. The molecule has 20 rings (SSSR count). The normalized spacial score (nSPS) is 15.1. The van der Waals surface area contributed by atoms with Gasteiger partial charge in [0.05, 0.1) is 87.8 Å².